The number of fused-ring (bicyclic) bond motifs is 1. The van der Waals surface area contributed by atoms with E-state index in [0.717, 1.165) is 31.5 Å². The fourth-order valence-corrected chi connectivity index (χ4v) is 3.15. The van der Waals surface area contributed by atoms with Crippen molar-refractivity contribution in [2.45, 2.75) is 12.3 Å². The standard InChI is InChI=1S/C15H10Br2Cl2N2/c1-8(18)15-20-13-6-9(16)2-5-14(13)21(15)10-3-4-11(17)12(19)7-10/h2-8H,1H3. The summed E-state index contributed by atoms with van der Waals surface area (Å²) in [6.07, 6.45) is 0. The summed E-state index contributed by atoms with van der Waals surface area (Å²) in [7, 11) is 0. The van der Waals surface area contributed by atoms with Gasteiger partial charge >= 0.3 is 0 Å². The largest absolute Gasteiger partial charge is 0.295 e. The van der Waals surface area contributed by atoms with Crippen LogP contribution in [-0.4, -0.2) is 9.55 Å². The monoisotopic (exact) mass is 446 g/mol. The summed E-state index contributed by atoms with van der Waals surface area (Å²) in [5.41, 5.74) is 2.83. The smallest absolute Gasteiger partial charge is 0.132 e. The molecule has 1 aromatic heterocycles. The zero-order chi connectivity index (χ0) is 15.1. The van der Waals surface area contributed by atoms with Gasteiger partial charge in [0.05, 0.1) is 21.4 Å². The van der Waals surface area contributed by atoms with Crippen LogP contribution in [0.1, 0.15) is 18.1 Å². The second kappa shape index (κ2) is 5.92. The Labute approximate surface area is 149 Å². The van der Waals surface area contributed by atoms with Crippen LogP contribution in [0, 0.1) is 0 Å². The van der Waals surface area contributed by atoms with Gasteiger partial charge in [-0.3, -0.25) is 4.57 Å². The van der Waals surface area contributed by atoms with Gasteiger partial charge in [-0.05, 0) is 59.3 Å². The maximum atomic E-state index is 6.30. The molecule has 2 aromatic carbocycles. The molecule has 1 atom stereocenters. The van der Waals surface area contributed by atoms with Gasteiger partial charge in [0.1, 0.15) is 5.82 Å². The molecule has 3 rings (SSSR count). The van der Waals surface area contributed by atoms with Crippen LogP contribution in [0.4, 0.5) is 0 Å². The number of aromatic nitrogens is 2. The molecule has 0 radical (unpaired) electrons. The Balaban J connectivity index is 2.33. The highest BCUT2D eigenvalue weighted by Gasteiger charge is 2.17. The Hall–Kier alpha value is -0.550. The molecule has 3 aromatic rings. The molecule has 0 bridgehead atoms. The normalized spacial score (nSPS) is 12.8. The van der Waals surface area contributed by atoms with Gasteiger partial charge in [0.2, 0.25) is 0 Å². The van der Waals surface area contributed by atoms with Crippen LogP contribution in [0.5, 0.6) is 0 Å². The zero-order valence-electron chi connectivity index (χ0n) is 10.9. The van der Waals surface area contributed by atoms with Crippen molar-refractivity contribution in [3.05, 3.63) is 56.2 Å². The van der Waals surface area contributed by atoms with Crippen LogP contribution in [0.2, 0.25) is 5.02 Å². The third kappa shape index (κ3) is 2.87. The maximum Gasteiger partial charge on any atom is 0.132 e. The van der Waals surface area contributed by atoms with Crippen molar-refractivity contribution in [2.75, 3.05) is 0 Å². The molecule has 0 saturated carbocycles. The molecule has 108 valence electrons. The molecule has 6 heteroatoms. The molecule has 0 saturated heterocycles. The van der Waals surface area contributed by atoms with Crippen LogP contribution in [0.3, 0.4) is 0 Å². The first-order valence-corrected chi connectivity index (χ1v) is 8.65. The van der Waals surface area contributed by atoms with Crippen molar-refractivity contribution in [3.8, 4) is 5.69 Å². The highest BCUT2D eigenvalue weighted by Crippen LogP contribution is 2.32. The molecule has 0 aliphatic heterocycles. The van der Waals surface area contributed by atoms with E-state index in [0.29, 0.717) is 5.02 Å². The minimum Gasteiger partial charge on any atom is -0.295 e. The lowest BCUT2D eigenvalue weighted by atomic mass is 10.2. The minimum absolute atomic E-state index is 0.210. The van der Waals surface area contributed by atoms with Gasteiger partial charge in [-0.15, -0.1) is 11.6 Å². The van der Waals surface area contributed by atoms with Gasteiger partial charge in [0, 0.05) is 14.6 Å². The van der Waals surface area contributed by atoms with E-state index < -0.39 is 0 Å². The highest BCUT2D eigenvalue weighted by atomic mass is 79.9. The van der Waals surface area contributed by atoms with Gasteiger partial charge < -0.3 is 0 Å². The van der Waals surface area contributed by atoms with Crippen molar-refractivity contribution in [1.29, 1.82) is 0 Å². The molecule has 0 aliphatic carbocycles. The van der Waals surface area contributed by atoms with Crippen molar-refractivity contribution in [1.82, 2.24) is 9.55 Å². The Morgan fingerprint density at radius 1 is 1.14 bits per heavy atom. The number of imidazole rings is 1. The lowest BCUT2D eigenvalue weighted by molar-refractivity contribution is 0.882. The lowest BCUT2D eigenvalue weighted by Gasteiger charge is -2.11. The second-order valence-electron chi connectivity index (χ2n) is 4.65. The Morgan fingerprint density at radius 2 is 1.90 bits per heavy atom. The predicted octanol–water partition coefficient (Wildman–Crippen LogP) is 6.50. The van der Waals surface area contributed by atoms with E-state index in [1.165, 1.54) is 0 Å². The Morgan fingerprint density at radius 3 is 2.57 bits per heavy atom. The number of rotatable bonds is 2. The van der Waals surface area contributed by atoms with Crippen molar-refractivity contribution < 1.29 is 0 Å². The highest BCUT2D eigenvalue weighted by molar-refractivity contribution is 9.10. The van der Waals surface area contributed by atoms with E-state index in [-0.39, 0.29) is 5.38 Å². The molecular weight excluding hydrogens is 439 g/mol. The molecule has 0 fully saturated rings. The number of hydrogen-bond donors (Lipinski definition) is 0. The summed E-state index contributed by atoms with van der Waals surface area (Å²) in [6, 6.07) is 11.8. The fourth-order valence-electron chi connectivity index (χ4n) is 2.23. The number of nitrogens with zero attached hydrogens (tertiary/aromatic N) is 2. The van der Waals surface area contributed by atoms with E-state index in [1.807, 2.05) is 47.9 Å². The molecule has 1 unspecified atom stereocenters. The quantitative estimate of drug-likeness (QED) is 0.409. The van der Waals surface area contributed by atoms with Gasteiger partial charge in [-0.1, -0.05) is 27.5 Å². The van der Waals surface area contributed by atoms with Gasteiger partial charge in [0.15, 0.2) is 0 Å². The van der Waals surface area contributed by atoms with E-state index in [1.54, 1.807) is 0 Å². The van der Waals surface area contributed by atoms with E-state index >= 15 is 0 Å². The first-order chi connectivity index (χ1) is 9.97. The Bertz CT molecular complexity index is 828. The number of hydrogen-bond acceptors (Lipinski definition) is 1. The SMILES string of the molecule is CC(Cl)c1nc2cc(Br)ccc2n1-c1ccc(Br)c(Cl)c1. The third-order valence-corrected chi connectivity index (χ3v) is 5.08. The summed E-state index contributed by atoms with van der Waals surface area (Å²) in [4.78, 5) is 4.65. The first kappa shape index (κ1) is 15.3. The molecule has 21 heavy (non-hydrogen) atoms. The van der Waals surface area contributed by atoms with Crippen LogP contribution < -0.4 is 0 Å². The summed E-state index contributed by atoms with van der Waals surface area (Å²) in [5.74, 6) is 0.795. The van der Waals surface area contributed by atoms with E-state index in [4.69, 9.17) is 23.2 Å². The van der Waals surface area contributed by atoms with Crippen LogP contribution >= 0.6 is 55.1 Å². The molecular formula is C15H10Br2Cl2N2. The summed E-state index contributed by atoms with van der Waals surface area (Å²) in [6.45, 7) is 1.91. The average Bonchev–Trinajstić information content (AvgIpc) is 2.80. The van der Waals surface area contributed by atoms with Crippen LogP contribution in [0.25, 0.3) is 16.7 Å². The van der Waals surface area contributed by atoms with Crippen molar-refractivity contribution >= 4 is 66.1 Å². The van der Waals surface area contributed by atoms with E-state index in [2.05, 4.69) is 36.8 Å². The van der Waals surface area contributed by atoms with Crippen molar-refractivity contribution in [2.24, 2.45) is 0 Å². The average molecular weight is 449 g/mol. The molecule has 1 heterocycles. The summed E-state index contributed by atoms with van der Waals surface area (Å²) < 4.78 is 3.89. The van der Waals surface area contributed by atoms with Crippen molar-refractivity contribution in [3.63, 3.8) is 0 Å². The second-order valence-corrected chi connectivity index (χ2v) is 7.48. The van der Waals surface area contributed by atoms with Crippen LogP contribution in [0.15, 0.2) is 45.3 Å². The summed E-state index contributed by atoms with van der Waals surface area (Å²) in [5, 5.41) is 0.443. The number of halogens is 4. The summed E-state index contributed by atoms with van der Waals surface area (Å²) >= 11 is 19.4. The number of benzene rings is 2. The van der Waals surface area contributed by atoms with E-state index in [9.17, 15) is 0 Å². The molecule has 0 N–H and O–H groups in total. The lowest BCUT2D eigenvalue weighted by Crippen LogP contribution is -2.01. The Kier molecular flexibility index (Phi) is 4.33. The first-order valence-electron chi connectivity index (χ1n) is 6.25. The van der Waals surface area contributed by atoms with Gasteiger partial charge in [-0.2, -0.15) is 0 Å². The predicted molar refractivity (Wildman–Crippen MR) is 95.7 cm³/mol. The third-order valence-electron chi connectivity index (χ3n) is 3.16. The molecule has 0 amide bonds. The zero-order valence-corrected chi connectivity index (χ0v) is 15.6. The van der Waals surface area contributed by atoms with Gasteiger partial charge in [0.25, 0.3) is 0 Å². The molecule has 2 nitrogen and oxygen atoms in total. The topological polar surface area (TPSA) is 17.8 Å². The van der Waals surface area contributed by atoms with Gasteiger partial charge in [-0.25, -0.2) is 4.98 Å². The molecule has 0 aliphatic rings. The fraction of sp³-hybridized carbons (Fsp3) is 0.133. The maximum absolute atomic E-state index is 6.30. The number of alkyl halides is 1. The molecule has 0 spiro atoms. The minimum atomic E-state index is -0.210. The van der Waals surface area contributed by atoms with Crippen LogP contribution in [-0.2, 0) is 0 Å².